The molecule has 210 valence electrons. The normalized spacial score (nSPS) is 12.4. The summed E-state index contributed by atoms with van der Waals surface area (Å²) in [6.07, 6.45) is 0.357. The molecule has 0 aliphatic rings. The van der Waals surface area contributed by atoms with Gasteiger partial charge in [0.1, 0.15) is 6.10 Å². The van der Waals surface area contributed by atoms with Crippen LogP contribution >= 0.6 is 0 Å². The predicted molar refractivity (Wildman–Crippen MR) is 147 cm³/mol. The third-order valence-electron chi connectivity index (χ3n) is 5.85. The number of Topliss-reactive ketones (excluding diaryl/α,β-unsaturated/α-hetero) is 1. The van der Waals surface area contributed by atoms with Gasteiger partial charge < -0.3 is 19.3 Å². The number of ether oxygens (including phenoxy) is 3. The molecule has 39 heavy (non-hydrogen) atoms. The molecule has 0 fully saturated rings. The summed E-state index contributed by atoms with van der Waals surface area (Å²) in [5.41, 5.74) is 3.04. The second kappa shape index (κ2) is 16.2. The number of carbonyl (C=O) groups excluding carboxylic acids is 1. The van der Waals surface area contributed by atoms with Crippen LogP contribution in [-0.2, 0) is 34.9 Å². The average molecular weight is 557 g/mol. The summed E-state index contributed by atoms with van der Waals surface area (Å²) >= 11 is 0. The van der Waals surface area contributed by atoms with Gasteiger partial charge in [0.15, 0.2) is 5.78 Å². The van der Waals surface area contributed by atoms with E-state index in [2.05, 4.69) is 0 Å². The zero-order chi connectivity index (χ0) is 27.9. The van der Waals surface area contributed by atoms with Crippen LogP contribution in [-0.4, -0.2) is 65.6 Å². The van der Waals surface area contributed by atoms with Crippen molar-refractivity contribution in [1.82, 2.24) is 0 Å². The number of hydrogen-bond donors (Lipinski definition) is 1. The number of benzene rings is 3. The summed E-state index contributed by atoms with van der Waals surface area (Å²) in [5.74, 6) is -0.319. The van der Waals surface area contributed by atoms with Crippen molar-refractivity contribution in [2.75, 3.05) is 46.2 Å². The van der Waals surface area contributed by atoms with Gasteiger partial charge in [-0.3, -0.25) is 8.98 Å². The smallest absolute Gasteiger partial charge is 0.297 e. The topological polar surface area (TPSA) is 108 Å². The van der Waals surface area contributed by atoms with Crippen molar-refractivity contribution in [1.29, 1.82) is 0 Å². The molecule has 0 aliphatic carbocycles. The van der Waals surface area contributed by atoms with Gasteiger partial charge in [-0.1, -0.05) is 66.2 Å². The van der Waals surface area contributed by atoms with Crippen LogP contribution in [0.4, 0.5) is 0 Å². The predicted octanol–water partition coefficient (Wildman–Crippen LogP) is 4.30. The van der Waals surface area contributed by atoms with Gasteiger partial charge >= 0.3 is 0 Å². The molecule has 0 bridgehead atoms. The molecule has 9 heteroatoms. The lowest BCUT2D eigenvalue weighted by molar-refractivity contribution is 0.00938. The molecule has 0 radical (unpaired) electrons. The summed E-state index contributed by atoms with van der Waals surface area (Å²) in [5, 5.41) is 10.4. The first kappa shape index (κ1) is 30.6. The van der Waals surface area contributed by atoms with E-state index >= 15 is 0 Å². The number of rotatable bonds is 18. The average Bonchev–Trinajstić information content (AvgIpc) is 2.95. The maximum absolute atomic E-state index is 12.6. The molecule has 0 amide bonds. The molecule has 0 spiro atoms. The van der Waals surface area contributed by atoms with E-state index in [0.29, 0.717) is 44.2 Å². The Morgan fingerprint density at radius 1 is 0.769 bits per heavy atom. The Bertz CT molecular complexity index is 1240. The highest BCUT2D eigenvalue weighted by atomic mass is 32.2. The molecule has 1 atom stereocenters. The number of ketones is 1. The van der Waals surface area contributed by atoms with Crippen LogP contribution < -0.4 is 0 Å². The Balaban J connectivity index is 1.20. The summed E-state index contributed by atoms with van der Waals surface area (Å²) in [7, 11) is -3.78. The van der Waals surface area contributed by atoms with E-state index < -0.39 is 16.2 Å². The fourth-order valence-corrected chi connectivity index (χ4v) is 4.61. The maximum Gasteiger partial charge on any atom is 0.297 e. The highest BCUT2D eigenvalue weighted by Gasteiger charge is 2.19. The Labute approximate surface area is 230 Å². The first-order chi connectivity index (χ1) is 18.9. The van der Waals surface area contributed by atoms with E-state index in [1.54, 1.807) is 42.5 Å². The van der Waals surface area contributed by atoms with Crippen LogP contribution in [0.15, 0.2) is 83.8 Å². The quantitative estimate of drug-likeness (QED) is 0.140. The van der Waals surface area contributed by atoms with E-state index in [1.165, 1.54) is 12.1 Å². The van der Waals surface area contributed by atoms with Crippen molar-refractivity contribution in [2.45, 2.75) is 30.8 Å². The molecule has 0 saturated carbocycles. The molecule has 1 unspecified atom stereocenters. The van der Waals surface area contributed by atoms with Crippen LogP contribution in [0.1, 0.15) is 39.6 Å². The van der Waals surface area contributed by atoms with Gasteiger partial charge in [0, 0.05) is 12.2 Å². The van der Waals surface area contributed by atoms with Gasteiger partial charge in [0.25, 0.3) is 10.1 Å². The van der Waals surface area contributed by atoms with E-state index in [4.69, 9.17) is 18.4 Å². The third-order valence-corrected chi connectivity index (χ3v) is 7.18. The van der Waals surface area contributed by atoms with Crippen molar-refractivity contribution < 1.29 is 36.7 Å². The largest absolute Gasteiger partial charge is 0.380 e. The molecular weight excluding hydrogens is 520 g/mol. The lowest BCUT2D eigenvalue weighted by Gasteiger charge is -2.11. The van der Waals surface area contributed by atoms with Crippen molar-refractivity contribution in [3.63, 3.8) is 0 Å². The minimum absolute atomic E-state index is 0.0655. The molecule has 0 saturated heterocycles. The Kier molecular flexibility index (Phi) is 12.8. The summed E-state index contributed by atoms with van der Waals surface area (Å²) < 4.78 is 45.5. The lowest BCUT2D eigenvalue weighted by atomic mass is 9.97. The van der Waals surface area contributed by atoms with Crippen molar-refractivity contribution in [3.8, 4) is 0 Å². The van der Waals surface area contributed by atoms with Crippen molar-refractivity contribution >= 4 is 15.9 Å². The number of hydrogen-bond acceptors (Lipinski definition) is 8. The standard InChI is InChI=1S/C30H36O8S/c1-24-12-14-28(15-13-24)39(33,34)38-22-21-37-20-19-36-18-17-35-16-6-8-25-7-5-11-27(23-25)30(32)29(31)26-9-3-2-4-10-26/h2-5,7,9-15,23,29,31H,6,8,16-22H2,1H3. The summed E-state index contributed by atoms with van der Waals surface area (Å²) in [4.78, 5) is 12.8. The zero-order valence-corrected chi connectivity index (χ0v) is 23.0. The van der Waals surface area contributed by atoms with E-state index in [1.807, 2.05) is 31.2 Å². The highest BCUT2D eigenvalue weighted by Crippen LogP contribution is 2.19. The van der Waals surface area contributed by atoms with Gasteiger partial charge in [-0.05, 0) is 49.1 Å². The van der Waals surface area contributed by atoms with Crippen LogP contribution in [0.3, 0.4) is 0 Å². The molecule has 1 N–H and O–H groups in total. The Morgan fingerprint density at radius 3 is 2.05 bits per heavy atom. The molecule has 3 rings (SSSR count). The zero-order valence-electron chi connectivity index (χ0n) is 22.2. The van der Waals surface area contributed by atoms with Crippen LogP contribution in [0.5, 0.6) is 0 Å². The molecule has 0 heterocycles. The SMILES string of the molecule is Cc1ccc(S(=O)(=O)OCCOCCOCCOCCCc2cccc(C(=O)C(O)c3ccccc3)c2)cc1. The monoisotopic (exact) mass is 556 g/mol. The molecule has 3 aromatic carbocycles. The van der Waals surface area contributed by atoms with Crippen LogP contribution in [0.25, 0.3) is 0 Å². The molecule has 0 aliphatic heterocycles. The molecule has 3 aromatic rings. The minimum atomic E-state index is -3.78. The van der Waals surface area contributed by atoms with E-state index in [-0.39, 0.29) is 23.9 Å². The van der Waals surface area contributed by atoms with E-state index in [0.717, 1.165) is 24.0 Å². The first-order valence-electron chi connectivity index (χ1n) is 12.9. The second-order valence-electron chi connectivity index (χ2n) is 8.91. The van der Waals surface area contributed by atoms with Gasteiger partial charge in [-0.25, -0.2) is 0 Å². The Morgan fingerprint density at radius 2 is 1.38 bits per heavy atom. The lowest BCUT2D eigenvalue weighted by Crippen LogP contribution is -2.14. The minimum Gasteiger partial charge on any atom is -0.380 e. The Hall–Kier alpha value is -2.92. The molecule has 0 aromatic heterocycles. The number of carbonyl (C=O) groups is 1. The van der Waals surface area contributed by atoms with E-state index in [9.17, 15) is 18.3 Å². The third kappa shape index (κ3) is 10.6. The number of aliphatic hydroxyl groups is 1. The summed E-state index contributed by atoms with van der Waals surface area (Å²) in [6.45, 7) is 4.06. The highest BCUT2D eigenvalue weighted by molar-refractivity contribution is 7.86. The fraction of sp³-hybridized carbons (Fsp3) is 0.367. The number of aryl methyl sites for hydroxylation is 2. The van der Waals surface area contributed by atoms with Gasteiger partial charge in [0.2, 0.25) is 0 Å². The van der Waals surface area contributed by atoms with Gasteiger partial charge in [-0.15, -0.1) is 0 Å². The van der Waals surface area contributed by atoms with Crippen molar-refractivity contribution in [2.24, 2.45) is 0 Å². The molecule has 8 nitrogen and oxygen atoms in total. The van der Waals surface area contributed by atoms with Crippen LogP contribution in [0, 0.1) is 6.92 Å². The molecular formula is C30H36O8S. The van der Waals surface area contributed by atoms with Crippen LogP contribution in [0.2, 0.25) is 0 Å². The fourth-order valence-electron chi connectivity index (χ4n) is 3.72. The number of aliphatic hydroxyl groups excluding tert-OH is 1. The maximum atomic E-state index is 12.6. The second-order valence-corrected chi connectivity index (χ2v) is 10.5. The van der Waals surface area contributed by atoms with Gasteiger partial charge in [-0.2, -0.15) is 8.42 Å². The van der Waals surface area contributed by atoms with Crippen molar-refractivity contribution in [3.05, 3.63) is 101 Å². The first-order valence-corrected chi connectivity index (χ1v) is 14.3. The summed E-state index contributed by atoms with van der Waals surface area (Å²) in [6, 6.07) is 22.7. The van der Waals surface area contributed by atoms with Gasteiger partial charge in [0.05, 0.1) is 44.5 Å².